The number of nitrogens with one attached hydrogen (secondary N) is 2. The number of aromatic nitrogens is 1. The van der Waals surface area contributed by atoms with Gasteiger partial charge in [-0.3, -0.25) is 5.32 Å². The lowest BCUT2D eigenvalue weighted by Gasteiger charge is -2.27. The van der Waals surface area contributed by atoms with Crippen LogP contribution in [-0.4, -0.2) is 42.2 Å². The Kier molecular flexibility index (Phi) is 4.30. The van der Waals surface area contributed by atoms with Gasteiger partial charge >= 0.3 is 6.03 Å². The lowest BCUT2D eigenvalue weighted by atomic mass is 10.4. The van der Waals surface area contributed by atoms with Crippen LogP contribution in [-0.2, 0) is 0 Å². The highest BCUT2D eigenvalue weighted by atomic mass is 32.2. The normalized spacial score (nSPS) is 18.7. The summed E-state index contributed by atoms with van der Waals surface area (Å²) in [5.74, 6) is 4.54. The summed E-state index contributed by atoms with van der Waals surface area (Å²) in [5, 5.41) is 5.70. The standard InChI is InChI=1S/C14H20N4OS/c19-14(15-10-11-4-5-11)17-12-2-1-3-13(16-12)18-6-8-20-9-7-18/h1-3,11H,4-10H2,(H2,15,16,17,19). The topological polar surface area (TPSA) is 57.3 Å². The van der Waals surface area contributed by atoms with Gasteiger partial charge in [-0.05, 0) is 30.9 Å². The minimum atomic E-state index is -0.157. The highest BCUT2D eigenvalue weighted by Crippen LogP contribution is 2.27. The van der Waals surface area contributed by atoms with Gasteiger partial charge < -0.3 is 10.2 Å². The summed E-state index contributed by atoms with van der Waals surface area (Å²) in [5.41, 5.74) is 0. The molecule has 5 nitrogen and oxygen atoms in total. The Morgan fingerprint density at radius 1 is 1.35 bits per heavy atom. The second-order valence-corrected chi connectivity index (χ2v) is 6.48. The first-order valence-electron chi connectivity index (χ1n) is 7.16. The van der Waals surface area contributed by atoms with E-state index in [4.69, 9.17) is 0 Å². The molecule has 1 aromatic rings. The number of pyridine rings is 1. The van der Waals surface area contributed by atoms with Crippen molar-refractivity contribution in [1.82, 2.24) is 10.3 Å². The molecule has 2 fully saturated rings. The van der Waals surface area contributed by atoms with Crippen molar-refractivity contribution < 1.29 is 4.79 Å². The smallest absolute Gasteiger partial charge is 0.320 e. The fraction of sp³-hybridized carbons (Fsp3) is 0.571. The molecular weight excluding hydrogens is 272 g/mol. The van der Waals surface area contributed by atoms with E-state index in [1.165, 1.54) is 12.8 Å². The van der Waals surface area contributed by atoms with Crippen molar-refractivity contribution in [3.63, 3.8) is 0 Å². The lowest BCUT2D eigenvalue weighted by molar-refractivity contribution is 0.251. The first kappa shape index (κ1) is 13.5. The number of hydrogen-bond acceptors (Lipinski definition) is 4. The van der Waals surface area contributed by atoms with Crippen LogP contribution in [0.2, 0.25) is 0 Å². The third-order valence-electron chi connectivity index (χ3n) is 3.56. The van der Waals surface area contributed by atoms with Crippen LogP contribution < -0.4 is 15.5 Å². The van der Waals surface area contributed by atoms with Gasteiger partial charge in [-0.15, -0.1) is 0 Å². The summed E-state index contributed by atoms with van der Waals surface area (Å²) in [4.78, 5) is 18.5. The monoisotopic (exact) mass is 292 g/mol. The quantitative estimate of drug-likeness (QED) is 0.893. The van der Waals surface area contributed by atoms with Crippen molar-refractivity contribution in [1.29, 1.82) is 0 Å². The van der Waals surface area contributed by atoms with Gasteiger partial charge in [-0.2, -0.15) is 11.8 Å². The fourth-order valence-electron chi connectivity index (χ4n) is 2.18. The minimum Gasteiger partial charge on any atom is -0.355 e. The summed E-state index contributed by atoms with van der Waals surface area (Å²) in [6, 6.07) is 5.62. The number of anilines is 2. The fourth-order valence-corrected chi connectivity index (χ4v) is 3.08. The molecule has 2 heterocycles. The second kappa shape index (κ2) is 6.35. The Balaban J connectivity index is 1.56. The Bertz CT molecular complexity index is 472. The molecule has 1 aromatic heterocycles. The van der Waals surface area contributed by atoms with Crippen molar-refractivity contribution in [3.05, 3.63) is 18.2 Å². The summed E-state index contributed by atoms with van der Waals surface area (Å²) in [7, 11) is 0. The summed E-state index contributed by atoms with van der Waals surface area (Å²) < 4.78 is 0. The SMILES string of the molecule is O=C(NCC1CC1)Nc1cccc(N2CCSCC2)n1. The first-order chi connectivity index (χ1) is 9.81. The largest absolute Gasteiger partial charge is 0.355 e. The number of rotatable bonds is 4. The van der Waals surface area contributed by atoms with Crippen molar-refractivity contribution in [2.45, 2.75) is 12.8 Å². The minimum absolute atomic E-state index is 0.157. The molecule has 108 valence electrons. The van der Waals surface area contributed by atoms with Crippen molar-refractivity contribution in [3.8, 4) is 0 Å². The number of hydrogen-bond donors (Lipinski definition) is 2. The van der Waals surface area contributed by atoms with Crippen LogP contribution >= 0.6 is 11.8 Å². The molecule has 0 atom stereocenters. The van der Waals surface area contributed by atoms with E-state index in [1.54, 1.807) is 0 Å². The number of amides is 2. The summed E-state index contributed by atoms with van der Waals surface area (Å²) >= 11 is 1.97. The van der Waals surface area contributed by atoms with Crippen LogP contribution in [0.15, 0.2) is 18.2 Å². The van der Waals surface area contributed by atoms with Crippen LogP contribution in [0.5, 0.6) is 0 Å². The third-order valence-corrected chi connectivity index (χ3v) is 4.50. The second-order valence-electron chi connectivity index (χ2n) is 5.26. The zero-order valence-corrected chi connectivity index (χ0v) is 12.3. The Labute approximate surface area is 123 Å². The molecule has 2 aliphatic rings. The summed E-state index contributed by atoms with van der Waals surface area (Å²) in [6.45, 7) is 2.82. The molecule has 0 radical (unpaired) electrons. The maximum atomic E-state index is 11.8. The molecule has 0 unspecified atom stereocenters. The van der Waals surface area contributed by atoms with E-state index < -0.39 is 0 Å². The average Bonchev–Trinajstić information content (AvgIpc) is 3.31. The Morgan fingerprint density at radius 2 is 2.15 bits per heavy atom. The van der Waals surface area contributed by atoms with Gasteiger partial charge in [0.05, 0.1) is 0 Å². The molecule has 2 amide bonds. The van der Waals surface area contributed by atoms with Gasteiger partial charge in [-0.1, -0.05) is 6.07 Å². The maximum absolute atomic E-state index is 11.8. The molecule has 1 aliphatic carbocycles. The molecule has 0 bridgehead atoms. The summed E-state index contributed by atoms with van der Waals surface area (Å²) in [6.07, 6.45) is 2.47. The number of carbonyl (C=O) groups excluding carboxylic acids is 1. The van der Waals surface area contributed by atoms with Gasteiger partial charge in [0.1, 0.15) is 11.6 Å². The maximum Gasteiger partial charge on any atom is 0.320 e. The molecule has 20 heavy (non-hydrogen) atoms. The number of urea groups is 1. The van der Waals surface area contributed by atoms with Gasteiger partial charge in [0, 0.05) is 31.1 Å². The van der Waals surface area contributed by atoms with E-state index in [1.807, 2.05) is 30.0 Å². The molecule has 1 saturated heterocycles. The highest BCUT2D eigenvalue weighted by molar-refractivity contribution is 7.99. The van der Waals surface area contributed by atoms with Crippen LogP contribution in [0.3, 0.4) is 0 Å². The molecular formula is C14H20N4OS. The molecule has 2 N–H and O–H groups in total. The van der Waals surface area contributed by atoms with Crippen molar-refractivity contribution in [2.75, 3.05) is 41.4 Å². The number of nitrogens with zero attached hydrogens (tertiary/aromatic N) is 2. The third kappa shape index (κ3) is 3.79. The van der Waals surface area contributed by atoms with Gasteiger partial charge in [0.2, 0.25) is 0 Å². The lowest BCUT2D eigenvalue weighted by Crippen LogP contribution is -2.34. The predicted octanol–water partition coefficient (Wildman–Crippen LogP) is 2.17. The molecule has 1 aliphatic heterocycles. The predicted molar refractivity (Wildman–Crippen MR) is 83.5 cm³/mol. The molecule has 6 heteroatoms. The first-order valence-corrected chi connectivity index (χ1v) is 8.31. The molecule has 0 spiro atoms. The number of carbonyl (C=O) groups is 1. The van der Waals surface area contributed by atoms with E-state index in [0.717, 1.165) is 37.0 Å². The molecule has 1 saturated carbocycles. The van der Waals surface area contributed by atoms with E-state index in [9.17, 15) is 4.79 Å². The molecule has 0 aromatic carbocycles. The van der Waals surface area contributed by atoms with Crippen LogP contribution in [0.4, 0.5) is 16.4 Å². The number of thioether (sulfide) groups is 1. The Hall–Kier alpha value is -1.43. The van der Waals surface area contributed by atoms with Crippen LogP contribution in [0.25, 0.3) is 0 Å². The van der Waals surface area contributed by atoms with E-state index >= 15 is 0 Å². The zero-order chi connectivity index (χ0) is 13.8. The van der Waals surface area contributed by atoms with E-state index in [2.05, 4.69) is 20.5 Å². The van der Waals surface area contributed by atoms with Crippen molar-refractivity contribution in [2.24, 2.45) is 5.92 Å². The van der Waals surface area contributed by atoms with Gasteiger partial charge in [-0.25, -0.2) is 9.78 Å². The van der Waals surface area contributed by atoms with E-state index in [-0.39, 0.29) is 6.03 Å². The van der Waals surface area contributed by atoms with Crippen LogP contribution in [0.1, 0.15) is 12.8 Å². The van der Waals surface area contributed by atoms with E-state index in [0.29, 0.717) is 11.7 Å². The molecule has 3 rings (SSSR count). The van der Waals surface area contributed by atoms with Gasteiger partial charge in [0.25, 0.3) is 0 Å². The van der Waals surface area contributed by atoms with Crippen molar-refractivity contribution >= 4 is 29.4 Å². The zero-order valence-electron chi connectivity index (χ0n) is 11.5. The van der Waals surface area contributed by atoms with Crippen LogP contribution in [0, 0.1) is 5.92 Å². The Morgan fingerprint density at radius 3 is 2.90 bits per heavy atom. The average molecular weight is 292 g/mol. The highest BCUT2D eigenvalue weighted by Gasteiger charge is 2.21. The van der Waals surface area contributed by atoms with Gasteiger partial charge in [0.15, 0.2) is 0 Å².